The van der Waals surface area contributed by atoms with E-state index >= 15 is 0 Å². The number of carbonyl (C=O) groups excluding carboxylic acids is 1. The van der Waals surface area contributed by atoms with Crippen LogP contribution in [0.3, 0.4) is 0 Å². The molecule has 82 valence electrons. The van der Waals surface area contributed by atoms with Crippen LogP contribution in [0, 0.1) is 13.8 Å². The van der Waals surface area contributed by atoms with Gasteiger partial charge in [0, 0.05) is 5.56 Å². The molecule has 0 amide bonds. The molecular formula is C11H14O4. The Morgan fingerprint density at radius 3 is 2.33 bits per heavy atom. The van der Waals surface area contributed by atoms with Gasteiger partial charge in [0.1, 0.15) is 17.3 Å². The van der Waals surface area contributed by atoms with Gasteiger partial charge in [-0.15, -0.1) is 0 Å². The molecule has 0 aliphatic rings. The summed E-state index contributed by atoms with van der Waals surface area (Å²) in [5.41, 5.74) is 0.0306. The maximum atomic E-state index is 11.3. The first-order valence-corrected chi connectivity index (χ1v) is 4.69. The van der Waals surface area contributed by atoms with E-state index in [4.69, 9.17) is 4.42 Å². The van der Waals surface area contributed by atoms with Crippen LogP contribution in [0.2, 0.25) is 0 Å². The normalized spacial score (nSPS) is 12.5. The molecule has 0 aliphatic carbocycles. The van der Waals surface area contributed by atoms with Crippen molar-refractivity contribution in [1.29, 1.82) is 0 Å². The van der Waals surface area contributed by atoms with Gasteiger partial charge >= 0.3 is 5.63 Å². The second-order valence-corrected chi connectivity index (χ2v) is 3.68. The van der Waals surface area contributed by atoms with Crippen molar-refractivity contribution in [3.8, 4) is 5.75 Å². The molecule has 0 aromatic carbocycles. The summed E-state index contributed by atoms with van der Waals surface area (Å²) in [4.78, 5) is 22.5. The summed E-state index contributed by atoms with van der Waals surface area (Å²) in [5.74, 6) is -0.460. The largest absolute Gasteiger partial charge is 0.507 e. The first kappa shape index (κ1) is 11.5. The van der Waals surface area contributed by atoms with E-state index in [0.717, 1.165) is 0 Å². The van der Waals surface area contributed by atoms with Crippen LogP contribution in [0.15, 0.2) is 9.21 Å². The Morgan fingerprint density at radius 1 is 1.33 bits per heavy atom. The zero-order chi connectivity index (χ0) is 11.7. The van der Waals surface area contributed by atoms with Crippen molar-refractivity contribution in [2.45, 2.75) is 33.6 Å². The fraction of sp³-hybridized carbons (Fsp3) is 0.455. The van der Waals surface area contributed by atoms with Gasteiger partial charge in [-0.1, -0.05) is 0 Å². The lowest BCUT2D eigenvalue weighted by atomic mass is 9.99. The van der Waals surface area contributed by atoms with Gasteiger partial charge in [0.2, 0.25) is 0 Å². The third-order valence-corrected chi connectivity index (χ3v) is 2.59. The maximum Gasteiger partial charge on any atom is 0.342 e. The first-order valence-electron chi connectivity index (χ1n) is 4.69. The maximum absolute atomic E-state index is 11.3. The average Bonchev–Trinajstić information content (AvgIpc) is 2.19. The molecule has 0 bridgehead atoms. The SMILES string of the molecule is CC(=O)[C@@H](C)c1oc(=O)c(C)c(O)c1C. The molecule has 1 aromatic heterocycles. The van der Waals surface area contributed by atoms with Crippen LogP contribution in [-0.4, -0.2) is 10.9 Å². The van der Waals surface area contributed by atoms with E-state index in [0.29, 0.717) is 5.56 Å². The molecule has 0 fully saturated rings. The fourth-order valence-electron chi connectivity index (χ4n) is 1.35. The molecular weight excluding hydrogens is 196 g/mol. The van der Waals surface area contributed by atoms with Crippen LogP contribution in [0.25, 0.3) is 0 Å². The van der Waals surface area contributed by atoms with Crippen LogP contribution < -0.4 is 5.63 Å². The molecule has 4 nitrogen and oxygen atoms in total. The van der Waals surface area contributed by atoms with E-state index in [2.05, 4.69) is 0 Å². The fourth-order valence-corrected chi connectivity index (χ4v) is 1.35. The second kappa shape index (κ2) is 3.88. The van der Waals surface area contributed by atoms with Crippen molar-refractivity contribution in [3.05, 3.63) is 27.3 Å². The molecule has 15 heavy (non-hydrogen) atoms. The third-order valence-electron chi connectivity index (χ3n) is 2.59. The van der Waals surface area contributed by atoms with Crippen LogP contribution in [0.4, 0.5) is 0 Å². The summed E-state index contributed by atoms with van der Waals surface area (Å²) in [5, 5.41) is 9.63. The third kappa shape index (κ3) is 1.93. The lowest BCUT2D eigenvalue weighted by Crippen LogP contribution is -2.13. The number of carbonyl (C=O) groups is 1. The molecule has 0 unspecified atom stereocenters. The average molecular weight is 210 g/mol. The molecule has 0 saturated heterocycles. The van der Waals surface area contributed by atoms with E-state index in [1.807, 2.05) is 0 Å². The predicted molar refractivity (Wildman–Crippen MR) is 55.2 cm³/mol. The number of hydrogen-bond donors (Lipinski definition) is 1. The quantitative estimate of drug-likeness (QED) is 0.806. The number of ketones is 1. The van der Waals surface area contributed by atoms with Gasteiger partial charge < -0.3 is 9.52 Å². The highest BCUT2D eigenvalue weighted by Gasteiger charge is 2.20. The van der Waals surface area contributed by atoms with E-state index in [1.165, 1.54) is 13.8 Å². The van der Waals surface area contributed by atoms with Crippen molar-refractivity contribution >= 4 is 5.78 Å². The molecule has 0 saturated carbocycles. The van der Waals surface area contributed by atoms with Gasteiger partial charge in [0.15, 0.2) is 0 Å². The number of aromatic hydroxyl groups is 1. The highest BCUT2D eigenvalue weighted by atomic mass is 16.4. The first-order chi connectivity index (χ1) is 6.86. The molecule has 1 aromatic rings. The van der Waals surface area contributed by atoms with Gasteiger partial charge in [-0.3, -0.25) is 4.79 Å². The highest BCUT2D eigenvalue weighted by Crippen LogP contribution is 2.27. The monoisotopic (exact) mass is 210 g/mol. The number of Topliss-reactive ketones (excluding diaryl/α,β-unsaturated/α-hetero) is 1. The van der Waals surface area contributed by atoms with Crippen molar-refractivity contribution in [2.24, 2.45) is 0 Å². The van der Waals surface area contributed by atoms with Crippen molar-refractivity contribution in [3.63, 3.8) is 0 Å². The number of hydrogen-bond acceptors (Lipinski definition) is 4. The van der Waals surface area contributed by atoms with E-state index < -0.39 is 11.5 Å². The minimum Gasteiger partial charge on any atom is -0.507 e. The summed E-state index contributed by atoms with van der Waals surface area (Å²) in [6.07, 6.45) is 0. The summed E-state index contributed by atoms with van der Waals surface area (Å²) < 4.78 is 5.01. The molecule has 4 heteroatoms. The lowest BCUT2D eigenvalue weighted by molar-refractivity contribution is -0.118. The second-order valence-electron chi connectivity index (χ2n) is 3.68. The van der Waals surface area contributed by atoms with E-state index in [-0.39, 0.29) is 22.9 Å². The zero-order valence-electron chi connectivity index (χ0n) is 9.25. The summed E-state index contributed by atoms with van der Waals surface area (Å²) in [6.45, 7) is 6.17. The van der Waals surface area contributed by atoms with Gasteiger partial charge in [-0.2, -0.15) is 0 Å². The Labute approximate surface area is 87.5 Å². The van der Waals surface area contributed by atoms with Crippen LogP contribution in [0.1, 0.15) is 36.7 Å². The Kier molecular flexibility index (Phi) is 2.98. The topological polar surface area (TPSA) is 67.5 Å². The van der Waals surface area contributed by atoms with Gasteiger partial charge in [0.05, 0.1) is 11.5 Å². The smallest absolute Gasteiger partial charge is 0.342 e. The van der Waals surface area contributed by atoms with Crippen molar-refractivity contribution in [1.82, 2.24) is 0 Å². The molecule has 1 rings (SSSR count). The summed E-state index contributed by atoms with van der Waals surface area (Å²) in [7, 11) is 0. The Bertz CT molecular complexity index is 456. The van der Waals surface area contributed by atoms with Crippen LogP contribution >= 0.6 is 0 Å². The minimum atomic E-state index is -0.596. The van der Waals surface area contributed by atoms with Gasteiger partial charge in [-0.25, -0.2) is 4.79 Å². The van der Waals surface area contributed by atoms with E-state index in [9.17, 15) is 14.7 Å². The van der Waals surface area contributed by atoms with Gasteiger partial charge in [0.25, 0.3) is 0 Å². The minimum absolute atomic E-state index is 0.0886. The zero-order valence-corrected chi connectivity index (χ0v) is 9.25. The van der Waals surface area contributed by atoms with Crippen LogP contribution in [-0.2, 0) is 4.79 Å². The Balaban J connectivity index is 3.45. The molecule has 0 aliphatic heterocycles. The van der Waals surface area contributed by atoms with Crippen molar-refractivity contribution < 1.29 is 14.3 Å². The molecule has 1 heterocycles. The molecule has 0 radical (unpaired) electrons. The molecule has 0 spiro atoms. The Morgan fingerprint density at radius 2 is 1.87 bits per heavy atom. The number of rotatable bonds is 2. The summed E-state index contributed by atoms with van der Waals surface area (Å²) in [6, 6.07) is 0. The lowest BCUT2D eigenvalue weighted by Gasteiger charge is -2.11. The van der Waals surface area contributed by atoms with E-state index in [1.54, 1.807) is 13.8 Å². The van der Waals surface area contributed by atoms with Crippen molar-refractivity contribution in [2.75, 3.05) is 0 Å². The molecule has 1 atom stereocenters. The van der Waals surface area contributed by atoms with Crippen LogP contribution in [0.5, 0.6) is 5.75 Å². The standard InChI is InChI=1S/C11H14O4/c1-5(8(4)12)10-6(2)9(13)7(3)11(14)15-10/h5,13H,1-4H3/t5-/m1/s1. The predicted octanol–water partition coefficient (Wildman–Crippen LogP) is 1.65. The molecule has 1 N–H and O–H groups in total. The highest BCUT2D eigenvalue weighted by molar-refractivity contribution is 5.82. The summed E-state index contributed by atoms with van der Waals surface area (Å²) >= 11 is 0. The van der Waals surface area contributed by atoms with Gasteiger partial charge in [-0.05, 0) is 27.7 Å². The Hall–Kier alpha value is -1.58.